The Hall–Kier alpha value is -7.01. The van der Waals surface area contributed by atoms with Crippen molar-refractivity contribution in [3.05, 3.63) is 159 Å². The molecule has 4 aromatic carbocycles. The first-order chi connectivity index (χ1) is 32.4. The van der Waals surface area contributed by atoms with Crippen molar-refractivity contribution in [1.29, 1.82) is 5.26 Å². The van der Waals surface area contributed by atoms with Gasteiger partial charge in [0, 0.05) is 93.3 Å². The fourth-order valence-corrected chi connectivity index (χ4v) is 9.69. The Labute approximate surface area is 391 Å². The van der Waals surface area contributed by atoms with Crippen molar-refractivity contribution in [1.82, 2.24) is 23.8 Å². The van der Waals surface area contributed by atoms with Gasteiger partial charge in [-0.05, 0) is 122 Å². The van der Waals surface area contributed by atoms with Gasteiger partial charge >= 0.3 is 0 Å². The summed E-state index contributed by atoms with van der Waals surface area (Å²) in [6.45, 7) is 11.9. The monoisotopic (exact) mass is 901 g/mol. The molecule has 0 unspecified atom stereocenters. The lowest BCUT2D eigenvalue weighted by molar-refractivity contribution is -0.131. The Morgan fingerprint density at radius 1 is 0.821 bits per heavy atom. The molecule has 344 valence electrons. The molecule has 5 heterocycles. The van der Waals surface area contributed by atoms with E-state index in [1.165, 1.54) is 22.6 Å². The molecule has 12 nitrogen and oxygen atoms in total. The minimum atomic E-state index is -0.438. The van der Waals surface area contributed by atoms with Gasteiger partial charge in [0.25, 0.3) is 11.8 Å². The summed E-state index contributed by atoms with van der Waals surface area (Å²) < 4.78 is 29.4. The second-order valence-electron chi connectivity index (χ2n) is 18.0. The smallest absolute Gasteiger partial charge is 0.264 e. The number of anilines is 2. The molecule has 1 atom stereocenters. The van der Waals surface area contributed by atoms with E-state index in [0.29, 0.717) is 83.5 Å². The molecule has 13 heteroatoms. The third kappa shape index (κ3) is 9.11. The van der Waals surface area contributed by atoms with Crippen LogP contribution in [-0.4, -0.2) is 93.6 Å². The normalized spacial score (nSPS) is 16.0. The molecular formula is C54H56FN7O5. The number of hydrogen-bond donors (Lipinski definition) is 0. The Morgan fingerprint density at radius 3 is 2.27 bits per heavy atom. The fraction of sp³-hybridized carbons (Fsp3) is 0.333. The van der Waals surface area contributed by atoms with E-state index in [1.807, 2.05) is 83.8 Å². The number of ether oxygens (including phenoxy) is 2. The maximum atomic E-state index is 15.2. The van der Waals surface area contributed by atoms with E-state index < -0.39 is 5.82 Å². The predicted octanol–water partition coefficient (Wildman–Crippen LogP) is 8.06. The molecule has 1 saturated heterocycles. The summed E-state index contributed by atoms with van der Waals surface area (Å²) in [4.78, 5) is 51.8. The van der Waals surface area contributed by atoms with E-state index >= 15 is 9.59 Å². The maximum Gasteiger partial charge on any atom is 0.264 e. The number of amides is 3. The average molecular weight is 902 g/mol. The van der Waals surface area contributed by atoms with Crippen LogP contribution in [0.5, 0.6) is 5.75 Å². The molecule has 6 aromatic rings. The zero-order valence-corrected chi connectivity index (χ0v) is 38.8. The van der Waals surface area contributed by atoms with Crippen molar-refractivity contribution >= 4 is 29.1 Å². The van der Waals surface area contributed by atoms with Crippen molar-refractivity contribution < 1.29 is 28.2 Å². The molecule has 0 N–H and O–H groups in total. The summed E-state index contributed by atoms with van der Waals surface area (Å²) in [6, 6.07) is 31.4. The Morgan fingerprint density at radius 2 is 1.55 bits per heavy atom. The van der Waals surface area contributed by atoms with E-state index in [0.717, 1.165) is 67.3 Å². The number of rotatable bonds is 11. The van der Waals surface area contributed by atoms with Crippen LogP contribution in [-0.2, 0) is 56.0 Å². The molecule has 3 amide bonds. The van der Waals surface area contributed by atoms with Gasteiger partial charge in [-0.25, -0.2) is 4.39 Å². The van der Waals surface area contributed by atoms with E-state index in [2.05, 4.69) is 36.1 Å². The van der Waals surface area contributed by atoms with Crippen molar-refractivity contribution in [2.45, 2.75) is 59.2 Å². The SMILES string of the molecule is Cc1c(N(C(=O)c2cc(-c3cc4c(cc3C(=O)N3Cc5ccccc5C[C@H]3C)CN(C(=O)Cc3ccc(OCCN5CCOCC5)cc3)CC4)n(C)c2C)c2ccc(F)cc2)cc(C#N)n1C. The number of fused-ring (bicyclic) bond motifs is 2. The van der Waals surface area contributed by atoms with Crippen LogP contribution >= 0.6 is 0 Å². The molecule has 0 aliphatic carbocycles. The summed E-state index contributed by atoms with van der Waals surface area (Å²) in [7, 11) is 3.66. The van der Waals surface area contributed by atoms with Gasteiger partial charge in [-0.15, -0.1) is 0 Å². The van der Waals surface area contributed by atoms with Crippen LogP contribution in [0.1, 0.15) is 72.5 Å². The standard InChI is InChI=1S/C54H56FN7O5/c1-35-26-39-8-6-7-9-41(39)34-61(35)53(64)49-29-42-33-60(52(63)27-38-10-16-46(17-11-38)67-25-22-59-20-23-66-24-21-59)19-18-40(42)28-48(49)51-31-47(36(2)58(51)5)54(65)62(44-14-12-43(55)13-15-44)50-30-45(32-56)57(4)37(50)3/h6-17,28-31,35H,18-27,33-34H2,1-5H3/t35-/m1/s1. The molecular weight excluding hydrogens is 846 g/mol. The lowest BCUT2D eigenvalue weighted by Crippen LogP contribution is -2.43. The zero-order valence-electron chi connectivity index (χ0n) is 38.8. The van der Waals surface area contributed by atoms with Crippen molar-refractivity contribution in [3.63, 3.8) is 0 Å². The minimum Gasteiger partial charge on any atom is -0.492 e. The van der Waals surface area contributed by atoms with Crippen LogP contribution in [0.3, 0.4) is 0 Å². The van der Waals surface area contributed by atoms with E-state index in [1.54, 1.807) is 29.8 Å². The highest BCUT2D eigenvalue weighted by atomic mass is 19.1. The number of hydrogen-bond acceptors (Lipinski definition) is 7. The van der Waals surface area contributed by atoms with Gasteiger partial charge < -0.3 is 28.4 Å². The number of benzene rings is 4. The summed E-state index contributed by atoms with van der Waals surface area (Å²) in [6.07, 6.45) is 1.56. The van der Waals surface area contributed by atoms with E-state index in [-0.39, 0.29) is 30.2 Å². The molecule has 0 saturated carbocycles. The third-order valence-corrected chi connectivity index (χ3v) is 14.0. The predicted molar refractivity (Wildman–Crippen MR) is 255 cm³/mol. The Bertz CT molecular complexity index is 2890. The van der Waals surface area contributed by atoms with Gasteiger partial charge in [-0.1, -0.05) is 36.4 Å². The summed E-state index contributed by atoms with van der Waals surface area (Å²) in [5.41, 5.74) is 10.1. The van der Waals surface area contributed by atoms with Gasteiger partial charge in [0.2, 0.25) is 5.91 Å². The summed E-state index contributed by atoms with van der Waals surface area (Å²) >= 11 is 0. The molecule has 67 heavy (non-hydrogen) atoms. The quantitative estimate of drug-likeness (QED) is 0.129. The second-order valence-corrected chi connectivity index (χ2v) is 18.0. The topological polar surface area (TPSA) is 116 Å². The highest BCUT2D eigenvalue weighted by Crippen LogP contribution is 2.38. The van der Waals surface area contributed by atoms with Crippen molar-refractivity contribution in [3.8, 4) is 23.1 Å². The third-order valence-electron chi connectivity index (χ3n) is 14.0. The Kier molecular flexibility index (Phi) is 12.9. The number of nitrogens with zero attached hydrogens (tertiary/aromatic N) is 7. The van der Waals surface area contributed by atoms with Gasteiger partial charge in [0.15, 0.2) is 0 Å². The van der Waals surface area contributed by atoms with Crippen LogP contribution in [0.2, 0.25) is 0 Å². The first kappa shape index (κ1) is 45.2. The second kappa shape index (κ2) is 19.1. The Balaban J connectivity index is 1.03. The fourth-order valence-electron chi connectivity index (χ4n) is 9.69. The molecule has 3 aliphatic rings. The number of nitriles is 1. The van der Waals surface area contributed by atoms with Gasteiger partial charge in [0.05, 0.1) is 30.9 Å². The number of morpholine rings is 1. The number of carbonyl (C=O) groups is 3. The van der Waals surface area contributed by atoms with Gasteiger partial charge in [-0.2, -0.15) is 5.26 Å². The highest BCUT2D eigenvalue weighted by molar-refractivity contribution is 6.13. The maximum absolute atomic E-state index is 15.2. The minimum absolute atomic E-state index is 0.00677. The first-order valence-electron chi connectivity index (χ1n) is 23.0. The van der Waals surface area contributed by atoms with E-state index in [4.69, 9.17) is 9.47 Å². The molecule has 9 rings (SSSR count). The molecule has 3 aliphatic heterocycles. The van der Waals surface area contributed by atoms with Crippen LogP contribution in [0.15, 0.2) is 97.1 Å². The number of halogens is 1. The molecule has 0 bridgehead atoms. The van der Waals surface area contributed by atoms with Crippen molar-refractivity contribution in [2.75, 3.05) is 50.9 Å². The lowest BCUT2D eigenvalue weighted by Gasteiger charge is -2.36. The molecule has 2 aromatic heterocycles. The largest absolute Gasteiger partial charge is 0.492 e. The number of aromatic nitrogens is 2. The first-order valence-corrected chi connectivity index (χ1v) is 23.0. The summed E-state index contributed by atoms with van der Waals surface area (Å²) in [5.74, 6) is -0.152. The van der Waals surface area contributed by atoms with Gasteiger partial charge in [0.1, 0.15) is 29.9 Å². The molecule has 0 radical (unpaired) electrons. The zero-order chi connectivity index (χ0) is 46.9. The lowest BCUT2D eigenvalue weighted by atomic mass is 9.89. The van der Waals surface area contributed by atoms with Crippen LogP contribution < -0.4 is 9.64 Å². The molecule has 1 fully saturated rings. The van der Waals surface area contributed by atoms with Crippen LogP contribution in [0, 0.1) is 31.0 Å². The highest BCUT2D eigenvalue weighted by Gasteiger charge is 2.33. The number of carbonyl (C=O) groups excluding carboxylic acids is 3. The summed E-state index contributed by atoms with van der Waals surface area (Å²) in [5, 5.41) is 9.90. The van der Waals surface area contributed by atoms with Crippen molar-refractivity contribution in [2.24, 2.45) is 14.1 Å². The average Bonchev–Trinajstić information content (AvgIpc) is 3.80. The van der Waals surface area contributed by atoms with E-state index in [9.17, 15) is 14.4 Å². The van der Waals surface area contributed by atoms with Crippen LogP contribution in [0.4, 0.5) is 15.8 Å². The molecule has 0 spiro atoms. The van der Waals surface area contributed by atoms with Crippen LogP contribution in [0.25, 0.3) is 11.3 Å². The van der Waals surface area contributed by atoms with Gasteiger partial charge in [-0.3, -0.25) is 24.2 Å².